The van der Waals surface area contributed by atoms with Gasteiger partial charge < -0.3 is 9.47 Å². The molecule has 0 fully saturated rings. The van der Waals surface area contributed by atoms with Gasteiger partial charge in [-0.2, -0.15) is 0 Å². The van der Waals surface area contributed by atoms with Gasteiger partial charge in [-0.25, -0.2) is 0 Å². The third kappa shape index (κ3) is 1.81. The van der Waals surface area contributed by atoms with Crippen molar-refractivity contribution in [1.29, 1.82) is 0 Å². The Morgan fingerprint density at radius 2 is 1.00 bits per heavy atom. The summed E-state index contributed by atoms with van der Waals surface area (Å²) in [6.45, 7) is 9.93. The molecule has 0 unspecified atom stereocenters. The Balaban J connectivity index is 2.00. The highest BCUT2D eigenvalue weighted by molar-refractivity contribution is 7.20. The predicted molar refractivity (Wildman–Crippen MR) is 107 cm³/mol. The SMILES string of the molecule is COc1ccc2c(c1)[Si](C)(C)C1=C2[Si](C)(C)c2cc(OC)ccc21. The van der Waals surface area contributed by atoms with Gasteiger partial charge in [0.25, 0.3) is 0 Å². The lowest BCUT2D eigenvalue weighted by Crippen LogP contribution is -2.45. The quantitative estimate of drug-likeness (QED) is 0.770. The van der Waals surface area contributed by atoms with E-state index in [1.807, 2.05) is 0 Å². The molecule has 124 valence electrons. The summed E-state index contributed by atoms with van der Waals surface area (Å²) >= 11 is 0. The first-order valence-corrected chi connectivity index (χ1v) is 14.5. The molecular weight excluding hydrogens is 328 g/mol. The Kier molecular flexibility index (Phi) is 3.19. The molecule has 0 radical (unpaired) electrons. The zero-order valence-corrected chi connectivity index (χ0v) is 17.3. The molecule has 0 aromatic heterocycles. The zero-order chi connectivity index (χ0) is 17.3. The first kappa shape index (κ1) is 15.7. The third-order valence-corrected chi connectivity index (χ3v) is 13.1. The minimum absolute atomic E-state index is 0.977. The van der Waals surface area contributed by atoms with Crippen molar-refractivity contribution >= 4 is 36.9 Å². The number of ether oxygens (including phenoxy) is 2. The number of methoxy groups -OCH3 is 2. The van der Waals surface area contributed by atoms with Crippen LogP contribution in [0, 0.1) is 0 Å². The van der Waals surface area contributed by atoms with Gasteiger partial charge in [-0.05, 0) is 56.2 Å². The number of fused-ring (bicyclic) bond motifs is 4. The van der Waals surface area contributed by atoms with E-state index in [1.165, 1.54) is 21.5 Å². The van der Waals surface area contributed by atoms with Crippen LogP contribution in [0.25, 0.3) is 10.4 Å². The maximum atomic E-state index is 5.51. The number of hydrogen-bond acceptors (Lipinski definition) is 2. The standard InChI is InChI=1S/C20H24O2Si2/c1-21-13-7-9-15-17(11-13)23(3,4)20-16-10-8-14(22-2)12-18(16)24(5,6)19(15)20/h7-12H,1-6H3. The van der Waals surface area contributed by atoms with Crippen molar-refractivity contribution in [2.75, 3.05) is 14.2 Å². The highest BCUT2D eigenvalue weighted by Gasteiger charge is 2.51. The van der Waals surface area contributed by atoms with Gasteiger partial charge in [0.2, 0.25) is 0 Å². The summed E-state index contributed by atoms with van der Waals surface area (Å²) in [5.74, 6) is 1.95. The minimum Gasteiger partial charge on any atom is -0.497 e. The minimum atomic E-state index is -1.71. The van der Waals surface area contributed by atoms with Crippen LogP contribution in [-0.4, -0.2) is 30.4 Å². The van der Waals surface area contributed by atoms with Crippen LogP contribution in [0.1, 0.15) is 11.1 Å². The van der Waals surface area contributed by atoms with Gasteiger partial charge in [0.05, 0.1) is 14.2 Å². The van der Waals surface area contributed by atoms with Crippen LogP contribution in [0.4, 0.5) is 0 Å². The highest BCUT2D eigenvalue weighted by atomic mass is 28.3. The maximum absolute atomic E-state index is 5.51. The fourth-order valence-corrected chi connectivity index (χ4v) is 13.3. The fraction of sp³-hybridized carbons (Fsp3) is 0.300. The molecule has 0 bridgehead atoms. The first-order chi connectivity index (χ1) is 11.3. The predicted octanol–water partition coefficient (Wildman–Crippen LogP) is 3.55. The second-order valence-corrected chi connectivity index (χ2v) is 16.4. The molecule has 0 aliphatic carbocycles. The Labute approximate surface area is 146 Å². The Hall–Kier alpha value is -1.79. The Morgan fingerprint density at radius 1 is 0.625 bits per heavy atom. The molecule has 0 saturated carbocycles. The van der Waals surface area contributed by atoms with Gasteiger partial charge in [-0.1, -0.05) is 38.3 Å². The third-order valence-electron chi connectivity index (χ3n) is 5.84. The second-order valence-electron chi connectivity index (χ2n) is 7.82. The van der Waals surface area contributed by atoms with E-state index in [-0.39, 0.29) is 0 Å². The van der Waals surface area contributed by atoms with E-state index in [0.717, 1.165) is 11.5 Å². The largest absolute Gasteiger partial charge is 0.497 e. The molecule has 2 heterocycles. The highest BCUT2D eigenvalue weighted by Crippen LogP contribution is 2.49. The summed E-state index contributed by atoms with van der Waals surface area (Å²) < 4.78 is 11.0. The topological polar surface area (TPSA) is 18.5 Å². The van der Waals surface area contributed by atoms with Crippen molar-refractivity contribution in [2.45, 2.75) is 26.2 Å². The van der Waals surface area contributed by atoms with E-state index in [0.29, 0.717) is 0 Å². The molecule has 0 amide bonds. The molecule has 2 aliphatic heterocycles. The van der Waals surface area contributed by atoms with Crippen molar-refractivity contribution in [1.82, 2.24) is 0 Å². The van der Waals surface area contributed by atoms with Crippen LogP contribution >= 0.6 is 0 Å². The lowest BCUT2D eigenvalue weighted by molar-refractivity contribution is 0.415. The molecule has 2 aromatic rings. The van der Waals surface area contributed by atoms with E-state index in [4.69, 9.17) is 9.47 Å². The van der Waals surface area contributed by atoms with Gasteiger partial charge in [-0.15, -0.1) is 0 Å². The molecule has 24 heavy (non-hydrogen) atoms. The van der Waals surface area contributed by atoms with Crippen LogP contribution in [-0.2, 0) is 0 Å². The average molecular weight is 353 g/mol. The van der Waals surface area contributed by atoms with Crippen LogP contribution in [0.2, 0.25) is 26.2 Å². The summed E-state index contributed by atoms with van der Waals surface area (Å²) in [6, 6.07) is 13.4. The van der Waals surface area contributed by atoms with Gasteiger partial charge >= 0.3 is 0 Å². The molecule has 0 saturated heterocycles. The summed E-state index contributed by atoms with van der Waals surface area (Å²) in [5, 5.41) is 6.38. The molecule has 2 nitrogen and oxygen atoms in total. The lowest BCUT2D eigenvalue weighted by atomic mass is 10.1. The molecule has 4 rings (SSSR count). The molecular formula is C20H24O2Si2. The summed E-state index contributed by atoms with van der Waals surface area (Å²) in [6.07, 6.45) is 0. The van der Waals surface area contributed by atoms with Crippen molar-refractivity contribution < 1.29 is 9.47 Å². The van der Waals surface area contributed by atoms with Crippen molar-refractivity contribution in [2.24, 2.45) is 0 Å². The van der Waals surface area contributed by atoms with Crippen LogP contribution in [0.5, 0.6) is 11.5 Å². The van der Waals surface area contributed by atoms with Crippen molar-refractivity contribution in [3.05, 3.63) is 47.5 Å². The average Bonchev–Trinajstić information content (AvgIpc) is 2.95. The smallest absolute Gasteiger partial charge is 0.118 e. The van der Waals surface area contributed by atoms with Gasteiger partial charge in [0, 0.05) is 0 Å². The molecule has 4 heteroatoms. The molecule has 0 spiro atoms. The van der Waals surface area contributed by atoms with E-state index in [1.54, 1.807) is 24.6 Å². The zero-order valence-electron chi connectivity index (χ0n) is 15.3. The maximum Gasteiger partial charge on any atom is 0.118 e. The number of hydrogen-bond donors (Lipinski definition) is 0. The van der Waals surface area contributed by atoms with Gasteiger partial charge in [0.1, 0.15) is 27.6 Å². The lowest BCUT2D eigenvalue weighted by Gasteiger charge is -2.26. The van der Waals surface area contributed by atoms with Crippen LogP contribution < -0.4 is 19.8 Å². The van der Waals surface area contributed by atoms with Gasteiger partial charge in [-0.3, -0.25) is 0 Å². The van der Waals surface area contributed by atoms with E-state index in [9.17, 15) is 0 Å². The monoisotopic (exact) mass is 352 g/mol. The molecule has 0 N–H and O–H groups in total. The molecule has 2 aromatic carbocycles. The van der Waals surface area contributed by atoms with Crippen molar-refractivity contribution in [3.8, 4) is 11.5 Å². The second kappa shape index (κ2) is 4.86. The summed E-state index contributed by atoms with van der Waals surface area (Å²) in [4.78, 5) is 0. The number of rotatable bonds is 2. The van der Waals surface area contributed by atoms with Crippen molar-refractivity contribution in [3.63, 3.8) is 0 Å². The number of benzene rings is 2. The van der Waals surface area contributed by atoms with Crippen LogP contribution in [0.3, 0.4) is 0 Å². The first-order valence-electron chi connectivity index (χ1n) is 8.45. The van der Waals surface area contributed by atoms with E-state index >= 15 is 0 Å². The Morgan fingerprint density at radius 3 is 1.33 bits per heavy atom. The van der Waals surface area contributed by atoms with Crippen LogP contribution in [0.15, 0.2) is 36.4 Å². The summed E-state index contributed by atoms with van der Waals surface area (Å²) in [7, 11) is 0.0880. The fourth-order valence-electron chi connectivity index (χ4n) is 4.61. The normalized spacial score (nSPS) is 18.9. The molecule has 0 atom stereocenters. The van der Waals surface area contributed by atoms with E-state index < -0.39 is 16.1 Å². The Bertz CT molecular complexity index is 821. The summed E-state index contributed by atoms with van der Waals surface area (Å²) in [5.41, 5.74) is 2.96. The van der Waals surface area contributed by atoms with Gasteiger partial charge in [0.15, 0.2) is 0 Å². The van der Waals surface area contributed by atoms with E-state index in [2.05, 4.69) is 62.6 Å². The molecule has 2 aliphatic rings.